The number of methoxy groups -OCH3 is 2. The number of rotatable bonds is 13. The Morgan fingerprint density at radius 1 is 1.00 bits per heavy atom. The van der Waals surface area contributed by atoms with Gasteiger partial charge in [0.1, 0.15) is 5.75 Å². The Labute approximate surface area is 235 Å². The van der Waals surface area contributed by atoms with E-state index in [1.807, 2.05) is 65.5 Å². The van der Waals surface area contributed by atoms with Gasteiger partial charge in [0, 0.05) is 37.0 Å². The van der Waals surface area contributed by atoms with Crippen LogP contribution in [0, 0.1) is 5.92 Å². The van der Waals surface area contributed by atoms with Gasteiger partial charge >= 0.3 is 0 Å². The van der Waals surface area contributed by atoms with Crippen molar-refractivity contribution in [3.63, 3.8) is 0 Å². The third-order valence-electron chi connectivity index (χ3n) is 6.84. The molecule has 8 heteroatoms. The van der Waals surface area contributed by atoms with Gasteiger partial charge in [-0.15, -0.1) is 5.10 Å². The van der Waals surface area contributed by atoms with Gasteiger partial charge in [-0.2, -0.15) is 0 Å². The highest BCUT2D eigenvalue weighted by molar-refractivity contribution is 6.04. The maximum Gasteiger partial charge on any atom is 0.255 e. The number of aliphatic hydroxyl groups is 1. The summed E-state index contributed by atoms with van der Waals surface area (Å²) < 4.78 is 12.8. The first-order valence-electron chi connectivity index (χ1n) is 13.3. The van der Waals surface area contributed by atoms with Crippen LogP contribution in [0.25, 0.3) is 0 Å². The van der Waals surface area contributed by atoms with Crippen LogP contribution in [0.4, 0.5) is 5.69 Å². The minimum atomic E-state index is -0.185. The summed E-state index contributed by atoms with van der Waals surface area (Å²) in [5.41, 5.74) is 4.08. The van der Waals surface area contributed by atoms with Crippen molar-refractivity contribution in [3.05, 3.63) is 120 Å². The van der Waals surface area contributed by atoms with Crippen LogP contribution in [0.5, 0.6) is 5.75 Å². The van der Waals surface area contributed by atoms with Gasteiger partial charge < -0.3 is 19.9 Å². The number of hydrogen-bond donors (Lipinski definition) is 2. The molecule has 0 radical (unpaired) electrons. The van der Waals surface area contributed by atoms with E-state index in [1.54, 1.807) is 38.5 Å². The SMILES string of the molecule is COc1ccc(C(=O)Nc2ccc([C@H](OC)[C@@H](C)/C=C/CCn3cc(C(CO)c4ccccc4)nn3)cc2)cc1. The molecular weight excluding hydrogens is 504 g/mol. The van der Waals surface area contributed by atoms with E-state index in [0.717, 1.165) is 23.2 Å². The second-order valence-electron chi connectivity index (χ2n) is 9.59. The number of anilines is 1. The van der Waals surface area contributed by atoms with E-state index in [9.17, 15) is 9.90 Å². The van der Waals surface area contributed by atoms with E-state index in [0.29, 0.717) is 23.5 Å². The zero-order chi connectivity index (χ0) is 28.3. The minimum Gasteiger partial charge on any atom is -0.497 e. The fourth-order valence-corrected chi connectivity index (χ4v) is 4.61. The molecule has 2 N–H and O–H groups in total. The number of aliphatic hydroxyl groups excluding tert-OH is 1. The monoisotopic (exact) mass is 540 g/mol. The van der Waals surface area contributed by atoms with Crippen molar-refractivity contribution in [1.29, 1.82) is 0 Å². The topological polar surface area (TPSA) is 98.5 Å². The lowest BCUT2D eigenvalue weighted by Gasteiger charge is -2.21. The molecule has 0 aliphatic carbocycles. The molecule has 0 saturated carbocycles. The van der Waals surface area contributed by atoms with E-state index in [-0.39, 0.29) is 30.5 Å². The Bertz CT molecular complexity index is 1370. The van der Waals surface area contributed by atoms with Gasteiger partial charge in [-0.05, 0) is 53.9 Å². The Balaban J connectivity index is 1.29. The number of aryl methyl sites for hydroxylation is 1. The van der Waals surface area contributed by atoms with Crippen LogP contribution in [0.2, 0.25) is 0 Å². The van der Waals surface area contributed by atoms with E-state index in [2.05, 4.69) is 34.7 Å². The van der Waals surface area contributed by atoms with Crippen LogP contribution >= 0.6 is 0 Å². The summed E-state index contributed by atoms with van der Waals surface area (Å²) in [4.78, 5) is 12.6. The number of carbonyl (C=O) groups is 1. The van der Waals surface area contributed by atoms with Crippen molar-refractivity contribution in [2.24, 2.45) is 5.92 Å². The van der Waals surface area contributed by atoms with E-state index in [1.165, 1.54) is 0 Å². The molecule has 3 atom stereocenters. The van der Waals surface area contributed by atoms with Crippen molar-refractivity contribution in [1.82, 2.24) is 15.0 Å². The molecule has 0 bridgehead atoms. The zero-order valence-electron chi connectivity index (χ0n) is 23.1. The predicted molar refractivity (Wildman–Crippen MR) is 155 cm³/mol. The second kappa shape index (κ2) is 14.2. The molecule has 1 unspecified atom stereocenters. The third kappa shape index (κ3) is 7.43. The van der Waals surface area contributed by atoms with Crippen molar-refractivity contribution < 1.29 is 19.4 Å². The molecule has 4 aromatic rings. The lowest BCUT2D eigenvalue weighted by molar-refractivity contribution is 0.0741. The van der Waals surface area contributed by atoms with Crippen LogP contribution in [0.15, 0.2) is 97.2 Å². The summed E-state index contributed by atoms with van der Waals surface area (Å²) in [5.74, 6) is 0.474. The van der Waals surface area contributed by atoms with Crippen LogP contribution in [0.1, 0.15) is 52.5 Å². The molecule has 4 rings (SSSR count). The van der Waals surface area contributed by atoms with Crippen molar-refractivity contribution in [3.8, 4) is 5.75 Å². The average molecular weight is 541 g/mol. The molecule has 208 valence electrons. The number of ether oxygens (including phenoxy) is 2. The first-order valence-corrected chi connectivity index (χ1v) is 13.3. The number of benzene rings is 3. The number of hydrogen-bond acceptors (Lipinski definition) is 6. The van der Waals surface area contributed by atoms with Crippen LogP contribution in [-0.2, 0) is 11.3 Å². The largest absolute Gasteiger partial charge is 0.497 e. The summed E-state index contributed by atoms with van der Waals surface area (Å²) in [5, 5.41) is 21.3. The van der Waals surface area contributed by atoms with Crippen LogP contribution < -0.4 is 10.1 Å². The summed E-state index contributed by atoms with van der Waals surface area (Å²) in [7, 11) is 3.30. The van der Waals surface area contributed by atoms with Gasteiger partial charge in [0.05, 0.1) is 31.4 Å². The Kier molecular flexibility index (Phi) is 10.2. The first kappa shape index (κ1) is 28.7. The Hall–Kier alpha value is -4.27. The number of aromatic nitrogens is 3. The highest BCUT2D eigenvalue weighted by atomic mass is 16.5. The molecule has 3 aromatic carbocycles. The fraction of sp³-hybridized carbons (Fsp3) is 0.281. The van der Waals surface area contributed by atoms with E-state index >= 15 is 0 Å². The van der Waals surface area contributed by atoms with Gasteiger partial charge in [0.2, 0.25) is 0 Å². The third-order valence-corrected chi connectivity index (χ3v) is 6.84. The highest BCUT2D eigenvalue weighted by Crippen LogP contribution is 2.28. The van der Waals surface area contributed by atoms with Crippen LogP contribution in [0.3, 0.4) is 0 Å². The average Bonchev–Trinajstić information content (AvgIpc) is 3.46. The molecule has 1 amide bonds. The normalized spacial score (nSPS) is 13.6. The summed E-state index contributed by atoms with van der Waals surface area (Å²) in [6, 6.07) is 24.6. The number of nitrogens with one attached hydrogen (secondary N) is 1. The Morgan fingerprint density at radius 2 is 1.73 bits per heavy atom. The minimum absolute atomic E-state index is 0.0193. The second-order valence-corrected chi connectivity index (χ2v) is 9.59. The van der Waals surface area contributed by atoms with Gasteiger partial charge in [-0.25, -0.2) is 0 Å². The summed E-state index contributed by atoms with van der Waals surface area (Å²) >= 11 is 0. The highest BCUT2D eigenvalue weighted by Gasteiger charge is 2.18. The molecule has 0 fully saturated rings. The zero-order valence-corrected chi connectivity index (χ0v) is 23.1. The van der Waals surface area contributed by atoms with E-state index < -0.39 is 0 Å². The summed E-state index contributed by atoms with van der Waals surface area (Å²) in [6.45, 7) is 2.78. The molecule has 0 spiro atoms. The quantitative estimate of drug-likeness (QED) is 0.213. The molecular formula is C32H36N4O4. The number of nitrogens with zero attached hydrogens (tertiary/aromatic N) is 3. The molecule has 0 aliphatic rings. The summed E-state index contributed by atoms with van der Waals surface area (Å²) in [6.07, 6.45) is 6.83. The molecule has 1 heterocycles. The lowest BCUT2D eigenvalue weighted by Crippen LogP contribution is -2.13. The smallest absolute Gasteiger partial charge is 0.255 e. The van der Waals surface area contributed by atoms with Gasteiger partial charge in [-0.1, -0.05) is 66.8 Å². The number of carbonyl (C=O) groups excluding carboxylic acids is 1. The number of allylic oxidation sites excluding steroid dienone is 1. The maximum absolute atomic E-state index is 12.6. The Morgan fingerprint density at radius 3 is 2.38 bits per heavy atom. The molecule has 0 aliphatic heterocycles. The van der Waals surface area contributed by atoms with Gasteiger partial charge in [0.25, 0.3) is 5.91 Å². The molecule has 0 saturated heterocycles. The fourth-order valence-electron chi connectivity index (χ4n) is 4.61. The van der Waals surface area contributed by atoms with Gasteiger partial charge in [0.15, 0.2) is 0 Å². The van der Waals surface area contributed by atoms with Gasteiger partial charge in [-0.3, -0.25) is 9.48 Å². The molecule has 40 heavy (non-hydrogen) atoms. The number of amides is 1. The van der Waals surface area contributed by atoms with E-state index in [4.69, 9.17) is 9.47 Å². The van der Waals surface area contributed by atoms with Crippen molar-refractivity contribution in [2.45, 2.75) is 31.9 Å². The van der Waals surface area contributed by atoms with Crippen molar-refractivity contribution >= 4 is 11.6 Å². The first-order chi connectivity index (χ1) is 19.5. The standard InChI is InChI=1S/C32H36N4O4/c1-23(9-7-8-20-36-21-30(34-35-36)29(22-37)24-10-5-4-6-11-24)31(40-3)25-12-16-27(17-13-25)33-32(38)26-14-18-28(39-2)19-15-26/h4-7,9-19,21,23,29,31,37H,8,20,22H2,1-3H3,(H,33,38)/b9-7+/t23-,29?,31+/m0/s1. The molecule has 8 nitrogen and oxygen atoms in total. The maximum atomic E-state index is 12.6. The predicted octanol–water partition coefficient (Wildman–Crippen LogP) is 5.63. The molecule has 1 aromatic heterocycles. The van der Waals surface area contributed by atoms with Crippen LogP contribution in [-0.4, -0.2) is 46.8 Å². The van der Waals surface area contributed by atoms with Crippen molar-refractivity contribution in [2.75, 3.05) is 26.1 Å². The lowest BCUT2D eigenvalue weighted by atomic mass is 9.96.